The summed E-state index contributed by atoms with van der Waals surface area (Å²) < 4.78 is 12.3. The van der Waals surface area contributed by atoms with Gasteiger partial charge in [-0.05, 0) is 65.4 Å². The van der Waals surface area contributed by atoms with Crippen LogP contribution < -0.4 is 5.32 Å². The van der Waals surface area contributed by atoms with Gasteiger partial charge < -0.3 is 24.3 Å². The van der Waals surface area contributed by atoms with Crippen LogP contribution in [-0.4, -0.2) is 64.3 Å². The highest BCUT2D eigenvalue weighted by Gasteiger charge is 2.28. The van der Waals surface area contributed by atoms with Crippen LogP contribution in [0.5, 0.6) is 0 Å². The number of likely N-dealkylation sites (tertiary alicyclic amines) is 1. The molecular weight excluding hydrogens is 424 g/mol. The first-order chi connectivity index (χ1) is 15.6. The number of ether oxygens (including phenoxy) is 2. The van der Waals surface area contributed by atoms with Crippen LogP contribution in [0.15, 0.2) is 18.6 Å². The fourth-order valence-electron chi connectivity index (χ4n) is 4.36. The molecule has 1 N–H and O–H groups in total. The number of piperidine rings is 1. The van der Waals surface area contributed by atoms with Crippen LogP contribution in [0.2, 0.25) is 0 Å². The van der Waals surface area contributed by atoms with E-state index in [2.05, 4.69) is 14.9 Å². The maximum absolute atomic E-state index is 12.3. The predicted octanol–water partition coefficient (Wildman–Crippen LogP) is 3.32. The average Bonchev–Trinajstić information content (AvgIpc) is 3.26. The smallest absolute Gasteiger partial charge is 0.410 e. The van der Waals surface area contributed by atoms with Gasteiger partial charge in [0.2, 0.25) is 5.91 Å². The van der Waals surface area contributed by atoms with Gasteiger partial charge in [-0.1, -0.05) is 0 Å². The van der Waals surface area contributed by atoms with Crippen molar-refractivity contribution in [2.45, 2.75) is 77.0 Å². The summed E-state index contributed by atoms with van der Waals surface area (Å²) in [5, 5.41) is 3.01. The third-order valence-corrected chi connectivity index (χ3v) is 6.17. The number of carbonyl (C=O) groups excluding carboxylic acids is 3. The highest BCUT2D eigenvalue weighted by molar-refractivity contribution is 5.91. The molecule has 0 bridgehead atoms. The second-order valence-electron chi connectivity index (χ2n) is 9.86. The summed E-state index contributed by atoms with van der Waals surface area (Å²) in [6, 6.07) is 0.341. The van der Waals surface area contributed by atoms with Crippen molar-refractivity contribution < 1.29 is 23.9 Å². The summed E-state index contributed by atoms with van der Waals surface area (Å²) in [4.78, 5) is 42.3. The second-order valence-corrected chi connectivity index (χ2v) is 9.86. The molecule has 1 saturated carbocycles. The van der Waals surface area contributed by atoms with E-state index in [-0.39, 0.29) is 36.0 Å². The summed E-state index contributed by atoms with van der Waals surface area (Å²) in [5.74, 6) is -0.374. The molecule has 182 valence electrons. The molecule has 2 fully saturated rings. The first-order valence-electron chi connectivity index (χ1n) is 11.7. The SMILES string of the molecule is COC(=O)[C@H]1CC[C@H](NC(=O)C=Cc2cn(C3CCN(C(=O)OC(C)(C)C)CC3)cn2)CC1. The molecular formula is C24H36N4O5. The van der Waals surface area contributed by atoms with Gasteiger partial charge in [0.1, 0.15) is 5.60 Å². The molecule has 0 atom stereocenters. The van der Waals surface area contributed by atoms with E-state index in [1.165, 1.54) is 13.2 Å². The second kappa shape index (κ2) is 10.9. The molecule has 9 nitrogen and oxygen atoms in total. The fourth-order valence-corrected chi connectivity index (χ4v) is 4.36. The Morgan fingerprint density at radius 2 is 1.76 bits per heavy atom. The largest absolute Gasteiger partial charge is 0.469 e. The molecule has 2 aliphatic rings. The molecule has 2 amide bonds. The molecule has 2 heterocycles. The van der Waals surface area contributed by atoms with E-state index >= 15 is 0 Å². The minimum absolute atomic E-state index is 0.0568. The number of hydrogen-bond acceptors (Lipinski definition) is 6. The van der Waals surface area contributed by atoms with Crippen LogP contribution >= 0.6 is 0 Å². The molecule has 1 saturated heterocycles. The number of carbonyl (C=O) groups is 3. The Hall–Kier alpha value is -2.84. The monoisotopic (exact) mass is 460 g/mol. The van der Waals surface area contributed by atoms with Crippen molar-refractivity contribution in [3.05, 3.63) is 24.3 Å². The van der Waals surface area contributed by atoms with Crippen LogP contribution in [0.4, 0.5) is 4.79 Å². The minimum atomic E-state index is -0.492. The van der Waals surface area contributed by atoms with Gasteiger partial charge in [-0.2, -0.15) is 0 Å². The topological polar surface area (TPSA) is 103 Å². The number of nitrogens with zero attached hydrogens (tertiary/aromatic N) is 3. The molecule has 0 unspecified atom stereocenters. The lowest BCUT2D eigenvalue weighted by atomic mass is 9.86. The maximum Gasteiger partial charge on any atom is 0.410 e. The van der Waals surface area contributed by atoms with Crippen molar-refractivity contribution in [2.24, 2.45) is 5.92 Å². The lowest BCUT2D eigenvalue weighted by molar-refractivity contribution is -0.146. The van der Waals surface area contributed by atoms with Gasteiger partial charge in [0.25, 0.3) is 0 Å². The standard InChI is InChI=1S/C24H36N4O5/c1-24(2,3)33-23(31)27-13-11-20(12-14-27)28-15-19(25-16-28)9-10-21(29)26-18-7-5-17(6-8-18)22(30)32-4/h9-10,15-18,20H,5-8,11-14H2,1-4H3,(H,26,29)/t17-,18-. The highest BCUT2D eigenvalue weighted by atomic mass is 16.6. The number of nitrogens with one attached hydrogen (secondary N) is 1. The molecule has 3 rings (SSSR count). The van der Waals surface area contributed by atoms with E-state index < -0.39 is 5.60 Å². The van der Waals surface area contributed by atoms with Gasteiger partial charge >= 0.3 is 12.1 Å². The van der Waals surface area contributed by atoms with Crippen LogP contribution in [0.25, 0.3) is 6.08 Å². The van der Waals surface area contributed by atoms with E-state index in [1.54, 1.807) is 17.3 Å². The van der Waals surface area contributed by atoms with Gasteiger partial charge in [0, 0.05) is 37.4 Å². The molecule has 9 heteroatoms. The number of aromatic nitrogens is 2. The number of amides is 2. The summed E-state index contributed by atoms with van der Waals surface area (Å²) in [6.45, 7) is 6.89. The van der Waals surface area contributed by atoms with E-state index in [1.807, 2.05) is 27.0 Å². The zero-order valence-corrected chi connectivity index (χ0v) is 20.1. The molecule has 0 aromatic carbocycles. The van der Waals surface area contributed by atoms with E-state index in [9.17, 15) is 14.4 Å². The van der Waals surface area contributed by atoms with Crippen molar-refractivity contribution >= 4 is 24.0 Å². The van der Waals surface area contributed by atoms with Gasteiger partial charge in [0.15, 0.2) is 0 Å². The Bertz CT molecular complexity index is 856. The Kier molecular flexibility index (Phi) is 8.15. The summed E-state index contributed by atoms with van der Waals surface area (Å²) in [6.07, 6.45) is 11.3. The molecule has 0 radical (unpaired) electrons. The van der Waals surface area contributed by atoms with Gasteiger partial charge in [-0.25, -0.2) is 9.78 Å². The Balaban J connectivity index is 1.43. The number of esters is 1. The van der Waals surface area contributed by atoms with E-state index in [0.29, 0.717) is 18.8 Å². The Morgan fingerprint density at radius 1 is 1.09 bits per heavy atom. The van der Waals surface area contributed by atoms with Crippen LogP contribution in [0.3, 0.4) is 0 Å². The lowest BCUT2D eigenvalue weighted by Gasteiger charge is -2.33. The molecule has 1 aromatic heterocycles. The van der Waals surface area contributed by atoms with Gasteiger partial charge in [-0.3, -0.25) is 9.59 Å². The lowest BCUT2D eigenvalue weighted by Crippen LogP contribution is -2.42. The Morgan fingerprint density at radius 3 is 2.36 bits per heavy atom. The maximum atomic E-state index is 12.3. The molecule has 1 aliphatic heterocycles. The number of rotatable bonds is 5. The Labute approximate surface area is 195 Å². The number of hydrogen-bond donors (Lipinski definition) is 1. The molecule has 33 heavy (non-hydrogen) atoms. The van der Waals surface area contributed by atoms with Crippen LogP contribution in [0, 0.1) is 5.92 Å². The minimum Gasteiger partial charge on any atom is -0.469 e. The molecule has 0 spiro atoms. The third-order valence-electron chi connectivity index (χ3n) is 6.17. The molecule has 1 aromatic rings. The highest BCUT2D eigenvalue weighted by Crippen LogP contribution is 2.26. The number of imidazole rings is 1. The zero-order valence-electron chi connectivity index (χ0n) is 20.1. The van der Waals surface area contributed by atoms with Crippen molar-refractivity contribution in [1.82, 2.24) is 19.8 Å². The fraction of sp³-hybridized carbons (Fsp3) is 0.667. The number of methoxy groups -OCH3 is 1. The summed E-state index contributed by atoms with van der Waals surface area (Å²) >= 11 is 0. The van der Waals surface area contributed by atoms with Crippen molar-refractivity contribution in [3.8, 4) is 0 Å². The van der Waals surface area contributed by atoms with Gasteiger partial charge in [0.05, 0.1) is 25.0 Å². The van der Waals surface area contributed by atoms with E-state index in [4.69, 9.17) is 9.47 Å². The van der Waals surface area contributed by atoms with Crippen molar-refractivity contribution in [3.63, 3.8) is 0 Å². The predicted molar refractivity (Wildman–Crippen MR) is 123 cm³/mol. The van der Waals surface area contributed by atoms with Crippen molar-refractivity contribution in [2.75, 3.05) is 20.2 Å². The first-order valence-corrected chi connectivity index (χ1v) is 11.7. The average molecular weight is 461 g/mol. The normalized spacial score (nSPS) is 22.2. The van der Waals surface area contributed by atoms with E-state index in [0.717, 1.165) is 38.5 Å². The quantitative estimate of drug-likeness (QED) is 0.534. The van der Waals surface area contributed by atoms with Gasteiger partial charge in [-0.15, -0.1) is 0 Å². The van der Waals surface area contributed by atoms with Crippen LogP contribution in [-0.2, 0) is 19.1 Å². The summed E-state index contributed by atoms with van der Waals surface area (Å²) in [5.41, 5.74) is 0.225. The third kappa shape index (κ3) is 7.33. The van der Waals surface area contributed by atoms with Crippen molar-refractivity contribution in [1.29, 1.82) is 0 Å². The summed E-state index contributed by atoms with van der Waals surface area (Å²) in [7, 11) is 1.41. The first kappa shape index (κ1) is 24.8. The molecule has 1 aliphatic carbocycles. The van der Waals surface area contributed by atoms with Crippen LogP contribution in [0.1, 0.15) is 71.0 Å². The zero-order chi connectivity index (χ0) is 24.0.